The maximum atomic E-state index is 12.9. The summed E-state index contributed by atoms with van der Waals surface area (Å²) in [6.45, 7) is 4.79. The molecule has 2 amide bonds. The molecule has 3 aliphatic heterocycles. The number of anilines is 1. The summed E-state index contributed by atoms with van der Waals surface area (Å²) < 4.78 is 0. The highest BCUT2D eigenvalue weighted by Gasteiger charge is 2.38. The fourth-order valence-electron chi connectivity index (χ4n) is 5.90. The Morgan fingerprint density at radius 1 is 1.14 bits per heavy atom. The van der Waals surface area contributed by atoms with E-state index in [0.717, 1.165) is 50.3 Å². The minimum absolute atomic E-state index is 0.00493. The van der Waals surface area contributed by atoms with E-state index in [0.29, 0.717) is 24.2 Å². The molecule has 2 fully saturated rings. The molecule has 1 aliphatic carbocycles. The number of carbonyl (C=O) groups is 2. The number of nitrogens with zero attached hydrogens (tertiary/aromatic N) is 4. The Bertz CT molecular complexity index is 1210. The van der Waals surface area contributed by atoms with Crippen molar-refractivity contribution in [3.05, 3.63) is 71.4 Å². The lowest BCUT2D eigenvalue weighted by Gasteiger charge is -2.37. The lowest BCUT2D eigenvalue weighted by Crippen LogP contribution is -2.55. The van der Waals surface area contributed by atoms with Gasteiger partial charge in [0.2, 0.25) is 11.8 Å². The van der Waals surface area contributed by atoms with Crippen LogP contribution in [0.15, 0.2) is 54.7 Å². The Kier molecular flexibility index (Phi) is 5.74. The van der Waals surface area contributed by atoms with Crippen LogP contribution in [-0.2, 0) is 16.1 Å². The average Bonchev–Trinajstić information content (AvgIpc) is 3.41. The fraction of sp³-hybridized carbons (Fsp3) is 0.393. The van der Waals surface area contributed by atoms with Crippen molar-refractivity contribution in [3.8, 4) is 0 Å². The van der Waals surface area contributed by atoms with Crippen molar-refractivity contribution in [3.63, 3.8) is 0 Å². The molecule has 1 N–H and O–H groups in total. The summed E-state index contributed by atoms with van der Waals surface area (Å²) in [6.07, 6.45) is 8.65. The van der Waals surface area contributed by atoms with E-state index in [-0.39, 0.29) is 17.9 Å². The Labute approximate surface area is 206 Å². The molecule has 4 heterocycles. The summed E-state index contributed by atoms with van der Waals surface area (Å²) in [5.41, 5.74) is 4.59. The number of allylic oxidation sites excluding steroid dienone is 1. The van der Waals surface area contributed by atoms with Crippen molar-refractivity contribution < 1.29 is 9.59 Å². The number of hydrogen-bond donors (Lipinski definition) is 1. The van der Waals surface area contributed by atoms with Crippen molar-refractivity contribution in [2.75, 3.05) is 45.1 Å². The molecular formula is C28H31N5O2. The van der Waals surface area contributed by atoms with Gasteiger partial charge in [-0.15, -0.1) is 0 Å². The van der Waals surface area contributed by atoms with Gasteiger partial charge in [-0.3, -0.25) is 14.5 Å². The standard InChI is InChI=1S/C28H31N5O2/c1-31-9-10-32-17-24-11-19(14-29-27(24)30-28(35)25(32)18-31)7-8-26(34)33-15-22-12-21(13-23(22)16-33)20-5-3-2-4-6-20/h2-8,11-12,14,22-23,25H,9-10,13,15-18H2,1H3,(H,29,30,35)/b8-7+. The first-order valence-corrected chi connectivity index (χ1v) is 12.5. The molecule has 7 heteroatoms. The second-order valence-corrected chi connectivity index (χ2v) is 10.3. The van der Waals surface area contributed by atoms with E-state index in [1.54, 1.807) is 12.3 Å². The molecule has 1 aromatic carbocycles. The molecule has 0 saturated carbocycles. The van der Waals surface area contributed by atoms with E-state index in [1.807, 2.05) is 30.2 Å². The second-order valence-electron chi connectivity index (χ2n) is 10.3. The largest absolute Gasteiger partial charge is 0.338 e. The number of hydrogen-bond acceptors (Lipinski definition) is 5. The molecule has 35 heavy (non-hydrogen) atoms. The number of rotatable bonds is 3. The van der Waals surface area contributed by atoms with Crippen LogP contribution in [0.25, 0.3) is 11.6 Å². The third kappa shape index (κ3) is 4.42. The Balaban J connectivity index is 1.11. The molecule has 4 aliphatic rings. The third-order valence-corrected chi connectivity index (χ3v) is 7.86. The second kappa shape index (κ2) is 9.06. The highest BCUT2D eigenvalue weighted by Crippen LogP contribution is 2.41. The van der Waals surface area contributed by atoms with Crippen molar-refractivity contribution >= 4 is 29.3 Å². The maximum Gasteiger partial charge on any atom is 0.246 e. The normalized spacial score (nSPS) is 26.7. The molecule has 3 atom stereocenters. The van der Waals surface area contributed by atoms with Gasteiger partial charge in [-0.2, -0.15) is 0 Å². The predicted octanol–water partition coefficient (Wildman–Crippen LogP) is 2.72. The van der Waals surface area contributed by atoms with E-state index >= 15 is 0 Å². The van der Waals surface area contributed by atoms with Gasteiger partial charge in [0.25, 0.3) is 0 Å². The molecule has 2 saturated heterocycles. The molecule has 3 unspecified atom stereocenters. The van der Waals surface area contributed by atoms with E-state index in [4.69, 9.17) is 0 Å². The van der Waals surface area contributed by atoms with E-state index in [9.17, 15) is 9.59 Å². The topological polar surface area (TPSA) is 68.8 Å². The zero-order chi connectivity index (χ0) is 23.9. The number of pyridine rings is 1. The lowest BCUT2D eigenvalue weighted by molar-refractivity contribution is -0.125. The summed E-state index contributed by atoms with van der Waals surface area (Å²) in [5, 5.41) is 2.99. The number of fused-ring (bicyclic) bond motifs is 3. The quantitative estimate of drug-likeness (QED) is 0.701. The van der Waals surface area contributed by atoms with E-state index in [1.165, 1.54) is 11.1 Å². The number of benzene rings is 1. The number of piperazine rings is 1. The number of aromatic nitrogens is 1. The van der Waals surface area contributed by atoms with Crippen LogP contribution in [0, 0.1) is 11.8 Å². The summed E-state index contributed by atoms with van der Waals surface area (Å²) in [5.74, 6) is 1.64. The van der Waals surface area contributed by atoms with Gasteiger partial charge in [0.15, 0.2) is 0 Å². The van der Waals surface area contributed by atoms with Gasteiger partial charge in [-0.25, -0.2) is 4.98 Å². The van der Waals surface area contributed by atoms with Crippen LogP contribution in [-0.4, -0.2) is 77.3 Å². The maximum absolute atomic E-state index is 12.9. The van der Waals surface area contributed by atoms with Gasteiger partial charge >= 0.3 is 0 Å². The molecular weight excluding hydrogens is 438 g/mol. The third-order valence-electron chi connectivity index (χ3n) is 7.86. The minimum Gasteiger partial charge on any atom is -0.338 e. The van der Waals surface area contributed by atoms with E-state index < -0.39 is 0 Å². The summed E-state index contributed by atoms with van der Waals surface area (Å²) in [4.78, 5) is 36.5. The van der Waals surface area contributed by atoms with Crippen LogP contribution in [0.4, 0.5) is 5.82 Å². The predicted molar refractivity (Wildman–Crippen MR) is 136 cm³/mol. The summed E-state index contributed by atoms with van der Waals surface area (Å²) in [6, 6.07) is 12.4. The van der Waals surface area contributed by atoms with Crippen molar-refractivity contribution in [2.24, 2.45) is 11.8 Å². The minimum atomic E-state index is -0.158. The van der Waals surface area contributed by atoms with Gasteiger partial charge in [0.1, 0.15) is 11.9 Å². The zero-order valence-corrected chi connectivity index (χ0v) is 20.1. The highest BCUT2D eigenvalue weighted by molar-refractivity contribution is 5.96. The number of likely N-dealkylation sites (tertiary alicyclic amines) is 1. The van der Waals surface area contributed by atoms with Crippen LogP contribution in [0.5, 0.6) is 0 Å². The molecule has 0 radical (unpaired) electrons. The van der Waals surface area contributed by atoms with E-state index in [2.05, 4.69) is 50.4 Å². The molecule has 6 rings (SSSR count). The summed E-state index contributed by atoms with van der Waals surface area (Å²) in [7, 11) is 2.05. The first kappa shape index (κ1) is 22.2. The molecule has 2 aromatic rings. The number of likely N-dealkylation sites (N-methyl/N-ethyl adjacent to an activating group) is 1. The number of carbonyl (C=O) groups excluding carboxylic acids is 2. The molecule has 7 nitrogen and oxygen atoms in total. The van der Waals surface area contributed by atoms with Crippen molar-refractivity contribution in [2.45, 2.75) is 19.0 Å². The van der Waals surface area contributed by atoms with Crippen LogP contribution in [0.3, 0.4) is 0 Å². The average molecular weight is 470 g/mol. The van der Waals surface area contributed by atoms with Crippen molar-refractivity contribution in [1.29, 1.82) is 0 Å². The zero-order valence-electron chi connectivity index (χ0n) is 20.1. The first-order valence-electron chi connectivity index (χ1n) is 12.5. The highest BCUT2D eigenvalue weighted by atomic mass is 16.2. The summed E-state index contributed by atoms with van der Waals surface area (Å²) >= 11 is 0. The smallest absolute Gasteiger partial charge is 0.246 e. The van der Waals surface area contributed by atoms with Gasteiger partial charge in [0, 0.05) is 57.1 Å². The van der Waals surface area contributed by atoms with Crippen molar-refractivity contribution in [1.82, 2.24) is 19.7 Å². The van der Waals surface area contributed by atoms with Gasteiger partial charge in [-0.1, -0.05) is 36.4 Å². The molecule has 1 aromatic heterocycles. The van der Waals surface area contributed by atoms with Crippen LogP contribution >= 0.6 is 0 Å². The monoisotopic (exact) mass is 469 g/mol. The number of nitrogens with one attached hydrogen (secondary N) is 1. The van der Waals surface area contributed by atoms with Crippen LogP contribution in [0.1, 0.15) is 23.1 Å². The SMILES string of the molecule is CN1CCN2Cc3cc(/C=C/C(=O)N4CC5C=C(c6ccccc6)CC5C4)cnc3NC(=O)C2C1. The van der Waals surface area contributed by atoms with Crippen LogP contribution < -0.4 is 5.32 Å². The number of amides is 2. The Morgan fingerprint density at radius 3 is 2.83 bits per heavy atom. The van der Waals surface area contributed by atoms with Gasteiger partial charge in [-0.05, 0) is 54.1 Å². The lowest BCUT2D eigenvalue weighted by atomic mass is 9.98. The van der Waals surface area contributed by atoms with Gasteiger partial charge in [0.05, 0.1) is 0 Å². The van der Waals surface area contributed by atoms with Gasteiger partial charge < -0.3 is 15.1 Å². The first-order chi connectivity index (χ1) is 17.0. The Morgan fingerprint density at radius 2 is 2.00 bits per heavy atom. The molecule has 180 valence electrons. The molecule has 0 spiro atoms. The molecule has 0 bridgehead atoms. The van der Waals surface area contributed by atoms with Crippen LogP contribution in [0.2, 0.25) is 0 Å². The fourth-order valence-corrected chi connectivity index (χ4v) is 5.90. The Hall–Kier alpha value is -3.29.